The number of anilines is 2. The fraction of sp³-hybridized carbons (Fsp3) is 0.400. The van der Waals surface area contributed by atoms with Crippen molar-refractivity contribution in [3.63, 3.8) is 0 Å². The molecular formula is C25H28ClN5O4. The molecule has 184 valence electrons. The van der Waals surface area contributed by atoms with Gasteiger partial charge in [0, 0.05) is 49.6 Å². The third kappa shape index (κ3) is 5.27. The molecule has 35 heavy (non-hydrogen) atoms. The van der Waals surface area contributed by atoms with E-state index in [0.717, 1.165) is 37.2 Å². The smallest absolute Gasteiger partial charge is 0.280 e. The Morgan fingerprint density at radius 2 is 1.86 bits per heavy atom. The molecule has 0 radical (unpaired) electrons. The van der Waals surface area contributed by atoms with Crippen LogP contribution >= 0.6 is 11.6 Å². The van der Waals surface area contributed by atoms with Crippen molar-refractivity contribution in [1.82, 2.24) is 15.5 Å². The average Bonchev–Trinajstić information content (AvgIpc) is 3.60. The van der Waals surface area contributed by atoms with Crippen LogP contribution in [0.15, 0.2) is 41.4 Å². The molecule has 3 aliphatic rings. The first-order valence-corrected chi connectivity index (χ1v) is 12.3. The maximum Gasteiger partial charge on any atom is 0.280 e. The summed E-state index contributed by atoms with van der Waals surface area (Å²) < 4.78 is 11.3. The highest BCUT2D eigenvalue weighted by atomic mass is 35.5. The quantitative estimate of drug-likeness (QED) is 0.583. The minimum absolute atomic E-state index is 0.115. The van der Waals surface area contributed by atoms with Crippen molar-refractivity contribution in [3.05, 3.63) is 58.1 Å². The van der Waals surface area contributed by atoms with E-state index < -0.39 is 0 Å². The Morgan fingerprint density at radius 3 is 2.60 bits per heavy atom. The zero-order valence-electron chi connectivity index (χ0n) is 19.3. The van der Waals surface area contributed by atoms with Gasteiger partial charge in [-0.3, -0.25) is 9.59 Å². The Morgan fingerprint density at radius 1 is 1.06 bits per heavy atom. The second-order valence-electron chi connectivity index (χ2n) is 8.62. The highest BCUT2D eigenvalue weighted by Gasteiger charge is 2.25. The number of carbonyl (C=O) groups is 2. The van der Waals surface area contributed by atoms with Gasteiger partial charge in [-0.25, -0.2) is 0 Å². The van der Waals surface area contributed by atoms with Gasteiger partial charge in [-0.15, -0.1) is 0 Å². The Labute approximate surface area is 208 Å². The van der Waals surface area contributed by atoms with E-state index in [1.54, 1.807) is 17.0 Å². The molecule has 1 atom stereocenters. The minimum atomic E-state index is -0.330. The van der Waals surface area contributed by atoms with Crippen molar-refractivity contribution in [3.8, 4) is 0 Å². The second-order valence-corrected chi connectivity index (χ2v) is 9.00. The highest BCUT2D eigenvalue weighted by molar-refractivity contribution is 6.36. The van der Waals surface area contributed by atoms with E-state index in [2.05, 4.69) is 20.9 Å². The highest BCUT2D eigenvalue weighted by Crippen LogP contribution is 2.37. The summed E-state index contributed by atoms with van der Waals surface area (Å²) in [6.07, 6.45) is 1.66. The lowest BCUT2D eigenvalue weighted by molar-refractivity contribution is 0.0303. The summed E-state index contributed by atoms with van der Waals surface area (Å²) in [5.74, 6) is 0.0451. The minimum Gasteiger partial charge on any atom is -0.378 e. The van der Waals surface area contributed by atoms with Crippen LogP contribution in [0.3, 0.4) is 0 Å². The molecular weight excluding hydrogens is 470 g/mol. The second kappa shape index (κ2) is 10.6. The van der Waals surface area contributed by atoms with Gasteiger partial charge in [0.15, 0.2) is 5.96 Å². The van der Waals surface area contributed by atoms with E-state index in [-0.39, 0.29) is 17.9 Å². The zero-order chi connectivity index (χ0) is 24.2. The topological polar surface area (TPSA) is 104 Å². The molecule has 0 spiro atoms. The van der Waals surface area contributed by atoms with Crippen LogP contribution in [0.2, 0.25) is 5.02 Å². The molecule has 2 amide bonds. The Hall–Kier alpha value is -3.14. The molecule has 5 rings (SSSR count). The third-order valence-corrected chi connectivity index (χ3v) is 6.70. The number of rotatable bonds is 5. The van der Waals surface area contributed by atoms with Crippen LogP contribution in [-0.4, -0.2) is 68.7 Å². The molecule has 2 aromatic rings. The number of amides is 2. The maximum absolute atomic E-state index is 13.0. The molecule has 0 aromatic heterocycles. The molecule has 0 aliphatic carbocycles. The molecule has 9 nitrogen and oxygen atoms in total. The zero-order valence-corrected chi connectivity index (χ0v) is 20.1. The van der Waals surface area contributed by atoms with E-state index >= 15 is 0 Å². The molecule has 3 aliphatic heterocycles. The van der Waals surface area contributed by atoms with E-state index in [4.69, 9.17) is 21.1 Å². The number of aliphatic imine (C=N–C) groups is 1. The first-order chi connectivity index (χ1) is 17.1. The lowest BCUT2D eigenvalue weighted by Crippen LogP contribution is -2.40. The summed E-state index contributed by atoms with van der Waals surface area (Å²) in [6, 6.07) is 10.8. The van der Waals surface area contributed by atoms with E-state index in [1.165, 1.54) is 0 Å². The van der Waals surface area contributed by atoms with Crippen LogP contribution in [0.1, 0.15) is 45.2 Å². The van der Waals surface area contributed by atoms with Gasteiger partial charge in [0.2, 0.25) is 0 Å². The fourth-order valence-electron chi connectivity index (χ4n) is 4.44. The number of ether oxygens (including phenoxy) is 2. The Kier molecular flexibility index (Phi) is 7.17. The average molecular weight is 498 g/mol. The molecule has 3 fully saturated rings. The number of benzene rings is 2. The van der Waals surface area contributed by atoms with Gasteiger partial charge < -0.3 is 30.3 Å². The van der Waals surface area contributed by atoms with Gasteiger partial charge in [-0.1, -0.05) is 17.7 Å². The molecule has 0 saturated carbocycles. The van der Waals surface area contributed by atoms with Gasteiger partial charge in [-0.05, 0) is 43.2 Å². The van der Waals surface area contributed by atoms with E-state index in [1.807, 2.05) is 24.3 Å². The number of halogens is 1. The van der Waals surface area contributed by atoms with Crippen molar-refractivity contribution in [2.45, 2.75) is 18.9 Å². The van der Waals surface area contributed by atoms with Crippen molar-refractivity contribution < 1.29 is 19.1 Å². The molecule has 0 bridgehead atoms. The SMILES string of the molecule is O=C(N=C1NCCN1)c1ccc(Nc2cccc(C(=O)N3CCOCC3)c2Cl)c(C2CCCO2)c1. The van der Waals surface area contributed by atoms with Crippen LogP contribution < -0.4 is 16.0 Å². The van der Waals surface area contributed by atoms with E-state index in [0.29, 0.717) is 60.7 Å². The first-order valence-electron chi connectivity index (χ1n) is 11.9. The Bertz CT molecular complexity index is 1130. The predicted molar refractivity (Wildman–Crippen MR) is 134 cm³/mol. The molecule has 2 aromatic carbocycles. The summed E-state index contributed by atoms with van der Waals surface area (Å²) in [4.78, 5) is 31.7. The van der Waals surface area contributed by atoms with Crippen molar-refractivity contribution >= 4 is 40.7 Å². The summed E-state index contributed by atoms with van der Waals surface area (Å²) in [7, 11) is 0. The number of hydrogen-bond acceptors (Lipinski definition) is 5. The van der Waals surface area contributed by atoms with Gasteiger partial charge in [0.05, 0.1) is 35.6 Å². The van der Waals surface area contributed by atoms with Crippen molar-refractivity contribution in [1.29, 1.82) is 0 Å². The fourth-order valence-corrected chi connectivity index (χ4v) is 4.70. The number of guanidine groups is 1. The van der Waals surface area contributed by atoms with Crippen LogP contribution in [-0.2, 0) is 9.47 Å². The number of nitrogens with zero attached hydrogens (tertiary/aromatic N) is 2. The van der Waals surface area contributed by atoms with Gasteiger partial charge >= 0.3 is 0 Å². The summed E-state index contributed by atoms with van der Waals surface area (Å²) in [6.45, 7) is 4.28. The summed E-state index contributed by atoms with van der Waals surface area (Å²) >= 11 is 6.70. The van der Waals surface area contributed by atoms with Gasteiger partial charge in [0.1, 0.15) is 0 Å². The number of nitrogens with one attached hydrogen (secondary N) is 3. The standard InChI is InChI=1S/C25H28ClN5O4/c26-22-17(24(33)31-10-13-34-14-11-31)3-1-4-20(22)29-19-7-6-16(15-18(19)21-5-2-12-35-21)23(32)30-25-27-8-9-28-25/h1,3-4,6-7,15,21,29H,2,5,8-14H2,(H2,27,28,30,32). The van der Waals surface area contributed by atoms with Gasteiger partial charge in [0.25, 0.3) is 11.8 Å². The van der Waals surface area contributed by atoms with E-state index in [9.17, 15) is 9.59 Å². The monoisotopic (exact) mass is 497 g/mol. The summed E-state index contributed by atoms with van der Waals surface area (Å²) in [5.41, 5.74) is 3.17. The largest absolute Gasteiger partial charge is 0.378 e. The lowest BCUT2D eigenvalue weighted by atomic mass is 10.0. The predicted octanol–water partition coefficient (Wildman–Crippen LogP) is 3.10. The first kappa shape index (κ1) is 23.6. The van der Waals surface area contributed by atoms with Crippen molar-refractivity contribution in [2.75, 3.05) is 51.3 Å². The van der Waals surface area contributed by atoms with Gasteiger partial charge in [-0.2, -0.15) is 4.99 Å². The number of hydrogen-bond donors (Lipinski definition) is 3. The third-order valence-electron chi connectivity index (χ3n) is 6.30. The normalized spacial score (nSPS) is 19.7. The Balaban J connectivity index is 1.43. The van der Waals surface area contributed by atoms with Crippen LogP contribution in [0, 0.1) is 0 Å². The lowest BCUT2D eigenvalue weighted by Gasteiger charge is -2.27. The number of morpholine rings is 1. The molecule has 3 N–H and O–H groups in total. The van der Waals surface area contributed by atoms with Crippen molar-refractivity contribution in [2.24, 2.45) is 4.99 Å². The van der Waals surface area contributed by atoms with Crippen LogP contribution in [0.4, 0.5) is 11.4 Å². The van der Waals surface area contributed by atoms with Crippen LogP contribution in [0.25, 0.3) is 0 Å². The molecule has 10 heteroatoms. The van der Waals surface area contributed by atoms with Crippen LogP contribution in [0.5, 0.6) is 0 Å². The molecule has 3 saturated heterocycles. The maximum atomic E-state index is 13.0. The molecule has 3 heterocycles. The summed E-state index contributed by atoms with van der Waals surface area (Å²) in [5, 5.41) is 9.82. The number of carbonyl (C=O) groups excluding carboxylic acids is 2. The molecule has 1 unspecified atom stereocenters.